The molecule has 0 aliphatic heterocycles. The molecule has 0 atom stereocenters. The lowest BCUT2D eigenvalue weighted by Crippen LogP contribution is -2.36. The van der Waals surface area contributed by atoms with Crippen molar-refractivity contribution in [2.75, 3.05) is 6.54 Å². The van der Waals surface area contributed by atoms with Crippen molar-refractivity contribution in [1.82, 2.24) is 19.9 Å². The van der Waals surface area contributed by atoms with Crippen LogP contribution in [0.2, 0.25) is 5.02 Å². The number of hydrogen-bond donors (Lipinski definition) is 2. The molecule has 1 aliphatic rings. The topological polar surface area (TPSA) is 79.8 Å². The van der Waals surface area contributed by atoms with Crippen molar-refractivity contribution in [3.05, 3.63) is 50.4 Å². The third-order valence-corrected chi connectivity index (χ3v) is 5.37. The van der Waals surface area contributed by atoms with Gasteiger partial charge in [-0.15, -0.1) is 0 Å². The van der Waals surface area contributed by atoms with Gasteiger partial charge in [-0.3, -0.25) is 9.59 Å². The van der Waals surface area contributed by atoms with Gasteiger partial charge < -0.3 is 14.9 Å². The van der Waals surface area contributed by atoms with E-state index in [1.807, 2.05) is 13.1 Å². The van der Waals surface area contributed by atoms with Gasteiger partial charge in [0.25, 0.3) is 11.5 Å². The molecule has 0 bridgehead atoms. The Morgan fingerprint density at radius 2 is 2.12 bits per heavy atom. The highest BCUT2D eigenvalue weighted by atomic mass is 35.5. The van der Waals surface area contributed by atoms with Crippen molar-refractivity contribution >= 4 is 17.5 Å². The summed E-state index contributed by atoms with van der Waals surface area (Å²) in [5, 5.41) is 3.34. The van der Waals surface area contributed by atoms with Gasteiger partial charge in [0.2, 0.25) is 0 Å². The quantitative estimate of drug-likeness (QED) is 0.870. The number of carbonyl (C=O) groups is 1. The Labute approximate surface area is 145 Å². The number of nitrogens with one attached hydrogen (secondary N) is 2. The van der Waals surface area contributed by atoms with Gasteiger partial charge in [-0.2, -0.15) is 0 Å². The van der Waals surface area contributed by atoms with E-state index < -0.39 is 5.56 Å². The van der Waals surface area contributed by atoms with Gasteiger partial charge in [0.15, 0.2) is 0 Å². The van der Waals surface area contributed by atoms with Crippen molar-refractivity contribution in [2.45, 2.75) is 40.2 Å². The number of aromatic nitrogens is 3. The molecular formula is C17H21ClN4O2. The Kier molecular flexibility index (Phi) is 4.25. The van der Waals surface area contributed by atoms with Gasteiger partial charge in [0.05, 0.1) is 5.02 Å². The van der Waals surface area contributed by atoms with E-state index in [0.717, 1.165) is 25.2 Å². The number of amides is 1. The molecule has 1 saturated carbocycles. The number of halogens is 1. The molecule has 0 unspecified atom stereocenters. The zero-order valence-electron chi connectivity index (χ0n) is 14.1. The first kappa shape index (κ1) is 16.8. The number of nitrogens with zero attached hydrogens (tertiary/aromatic N) is 2. The normalized spacial score (nSPS) is 15.3. The molecule has 1 amide bonds. The van der Waals surface area contributed by atoms with Crippen molar-refractivity contribution in [3.63, 3.8) is 0 Å². The van der Waals surface area contributed by atoms with Crippen LogP contribution < -0.4 is 10.9 Å². The molecule has 0 spiro atoms. The summed E-state index contributed by atoms with van der Waals surface area (Å²) in [6.07, 6.45) is 5.83. The number of imidazole rings is 1. The van der Waals surface area contributed by atoms with Crippen LogP contribution in [0.5, 0.6) is 0 Å². The second kappa shape index (κ2) is 6.09. The van der Waals surface area contributed by atoms with Gasteiger partial charge >= 0.3 is 0 Å². The molecular weight excluding hydrogens is 328 g/mol. The predicted octanol–water partition coefficient (Wildman–Crippen LogP) is 2.36. The third kappa shape index (κ3) is 3.11. The van der Waals surface area contributed by atoms with Crippen LogP contribution in [0.25, 0.3) is 0 Å². The number of rotatable bonds is 5. The standard InChI is InChI=1S/C17H21ClN4O2/c1-10-13(16(24)21-11(2)14(10)18)15(23)20-8-17(4-5-17)9-22-7-6-19-12(22)3/h6-7H,4-5,8-9H2,1-3H3,(H,20,23)(H,21,24). The molecule has 24 heavy (non-hydrogen) atoms. The summed E-state index contributed by atoms with van der Waals surface area (Å²) in [6.45, 7) is 6.73. The van der Waals surface area contributed by atoms with Crippen LogP contribution in [-0.4, -0.2) is 27.0 Å². The Balaban J connectivity index is 1.72. The summed E-state index contributed by atoms with van der Waals surface area (Å²) in [5.41, 5.74) is 0.842. The molecule has 7 heteroatoms. The summed E-state index contributed by atoms with van der Waals surface area (Å²) in [6, 6.07) is 0. The van der Waals surface area contributed by atoms with Gasteiger partial charge in [-0.05, 0) is 39.2 Å². The van der Waals surface area contributed by atoms with E-state index in [9.17, 15) is 9.59 Å². The van der Waals surface area contributed by atoms with E-state index in [1.165, 1.54) is 0 Å². The van der Waals surface area contributed by atoms with Crippen LogP contribution in [0.1, 0.15) is 40.3 Å². The van der Waals surface area contributed by atoms with Gasteiger partial charge in [0.1, 0.15) is 11.4 Å². The van der Waals surface area contributed by atoms with E-state index in [0.29, 0.717) is 22.8 Å². The summed E-state index contributed by atoms with van der Waals surface area (Å²) in [4.78, 5) is 31.4. The Bertz CT molecular complexity index is 849. The zero-order valence-corrected chi connectivity index (χ0v) is 14.8. The molecule has 2 heterocycles. The van der Waals surface area contributed by atoms with E-state index >= 15 is 0 Å². The van der Waals surface area contributed by atoms with Crippen LogP contribution in [0, 0.1) is 26.2 Å². The lowest BCUT2D eigenvalue weighted by molar-refractivity contribution is 0.0940. The van der Waals surface area contributed by atoms with Crippen LogP contribution >= 0.6 is 11.6 Å². The minimum atomic E-state index is -0.401. The monoisotopic (exact) mass is 348 g/mol. The fourth-order valence-electron chi connectivity index (χ4n) is 2.98. The summed E-state index contributed by atoms with van der Waals surface area (Å²) in [7, 11) is 0. The zero-order chi connectivity index (χ0) is 17.5. The largest absolute Gasteiger partial charge is 0.351 e. The molecule has 2 N–H and O–H groups in total. The minimum absolute atomic E-state index is 0.0519. The molecule has 2 aromatic heterocycles. The average molecular weight is 349 g/mol. The Morgan fingerprint density at radius 3 is 2.71 bits per heavy atom. The molecule has 2 aromatic rings. The predicted molar refractivity (Wildman–Crippen MR) is 92.5 cm³/mol. The second-order valence-electron chi connectivity index (χ2n) is 6.68. The molecule has 0 saturated heterocycles. The molecule has 128 valence electrons. The third-order valence-electron chi connectivity index (χ3n) is 4.80. The first-order valence-electron chi connectivity index (χ1n) is 7.98. The van der Waals surface area contributed by atoms with Crippen molar-refractivity contribution < 1.29 is 4.79 Å². The SMILES string of the molecule is Cc1[nH]c(=O)c(C(=O)NCC2(Cn3ccnc3C)CC2)c(C)c1Cl. The maximum Gasteiger partial charge on any atom is 0.261 e. The minimum Gasteiger partial charge on any atom is -0.351 e. The van der Waals surface area contributed by atoms with Crippen molar-refractivity contribution in [3.8, 4) is 0 Å². The molecule has 6 nitrogen and oxygen atoms in total. The Morgan fingerprint density at radius 1 is 1.42 bits per heavy atom. The fraction of sp³-hybridized carbons (Fsp3) is 0.471. The van der Waals surface area contributed by atoms with Crippen LogP contribution in [-0.2, 0) is 6.54 Å². The van der Waals surface area contributed by atoms with E-state index in [4.69, 9.17) is 11.6 Å². The maximum atomic E-state index is 12.5. The maximum absolute atomic E-state index is 12.5. The van der Waals surface area contributed by atoms with E-state index in [-0.39, 0.29) is 16.9 Å². The second-order valence-corrected chi connectivity index (χ2v) is 7.06. The van der Waals surface area contributed by atoms with Crippen molar-refractivity contribution in [2.24, 2.45) is 5.41 Å². The summed E-state index contributed by atoms with van der Waals surface area (Å²) >= 11 is 6.15. The number of H-pyrrole nitrogens is 1. The highest BCUT2D eigenvalue weighted by Gasteiger charge is 2.43. The van der Waals surface area contributed by atoms with Gasteiger partial charge in [-0.25, -0.2) is 4.98 Å². The van der Waals surface area contributed by atoms with Crippen molar-refractivity contribution in [1.29, 1.82) is 0 Å². The Hall–Kier alpha value is -2.08. The molecule has 1 aliphatic carbocycles. The fourth-order valence-corrected chi connectivity index (χ4v) is 3.12. The molecule has 1 fully saturated rings. The van der Waals surface area contributed by atoms with Crippen LogP contribution in [0.4, 0.5) is 0 Å². The summed E-state index contributed by atoms with van der Waals surface area (Å²) < 4.78 is 2.10. The van der Waals surface area contributed by atoms with Gasteiger partial charge in [-0.1, -0.05) is 11.6 Å². The van der Waals surface area contributed by atoms with Gasteiger partial charge in [0, 0.05) is 36.6 Å². The number of hydrogen-bond acceptors (Lipinski definition) is 3. The van der Waals surface area contributed by atoms with E-state index in [2.05, 4.69) is 19.9 Å². The summed E-state index contributed by atoms with van der Waals surface area (Å²) in [5.74, 6) is 0.592. The first-order chi connectivity index (χ1) is 11.3. The smallest absolute Gasteiger partial charge is 0.261 e. The van der Waals surface area contributed by atoms with Crippen LogP contribution in [0.15, 0.2) is 17.2 Å². The van der Waals surface area contributed by atoms with E-state index in [1.54, 1.807) is 20.0 Å². The molecule has 3 rings (SSSR count). The first-order valence-corrected chi connectivity index (χ1v) is 8.36. The number of pyridine rings is 1. The van der Waals surface area contributed by atoms with Crippen LogP contribution in [0.3, 0.4) is 0 Å². The highest BCUT2D eigenvalue weighted by Crippen LogP contribution is 2.46. The number of aryl methyl sites for hydroxylation is 2. The molecule has 0 radical (unpaired) electrons. The molecule has 0 aromatic carbocycles. The lowest BCUT2D eigenvalue weighted by Gasteiger charge is -2.18. The number of carbonyl (C=O) groups excluding carboxylic acids is 1. The number of aromatic amines is 1. The highest BCUT2D eigenvalue weighted by molar-refractivity contribution is 6.32. The average Bonchev–Trinajstić information content (AvgIpc) is 3.18. The lowest BCUT2D eigenvalue weighted by atomic mass is 10.1.